The highest BCUT2D eigenvalue weighted by molar-refractivity contribution is 14.0. The van der Waals surface area contributed by atoms with Crippen molar-refractivity contribution in [3.8, 4) is 17.2 Å². The summed E-state index contributed by atoms with van der Waals surface area (Å²) in [6.45, 7) is 9.46. The van der Waals surface area contributed by atoms with E-state index in [4.69, 9.17) is 23.9 Å². The Hall–Kier alpha value is -1.46. The molecule has 2 fully saturated rings. The summed E-state index contributed by atoms with van der Waals surface area (Å²) in [4.78, 5) is 9.86. The quantitative estimate of drug-likeness (QED) is 0.247. The Balaban J connectivity index is 0.00000385. The Kier molecular flexibility index (Phi) is 11.3. The van der Waals surface area contributed by atoms with Gasteiger partial charge in [-0.05, 0) is 49.3 Å². The molecule has 9 heteroatoms. The maximum atomic E-state index is 5.50. The number of guanidine groups is 1. The van der Waals surface area contributed by atoms with E-state index in [9.17, 15) is 0 Å². The summed E-state index contributed by atoms with van der Waals surface area (Å²) in [5.74, 6) is 3.08. The van der Waals surface area contributed by atoms with Gasteiger partial charge in [-0.2, -0.15) is 0 Å². The van der Waals surface area contributed by atoms with Crippen molar-refractivity contribution in [1.29, 1.82) is 0 Å². The minimum atomic E-state index is 0. The molecule has 0 aromatic heterocycles. The average Bonchev–Trinajstić information content (AvgIpc) is 3.60. The Labute approximate surface area is 216 Å². The maximum Gasteiger partial charge on any atom is 0.203 e. The Morgan fingerprint density at radius 2 is 1.64 bits per heavy atom. The Morgan fingerprint density at radius 1 is 1.00 bits per heavy atom. The molecule has 0 amide bonds. The van der Waals surface area contributed by atoms with E-state index in [2.05, 4.69) is 22.0 Å². The number of benzene rings is 1. The number of nitrogens with zero attached hydrogens (tertiary/aromatic N) is 3. The van der Waals surface area contributed by atoms with Gasteiger partial charge in [0, 0.05) is 59.5 Å². The molecule has 0 bridgehead atoms. The number of piperazine rings is 1. The molecule has 0 radical (unpaired) electrons. The summed E-state index contributed by atoms with van der Waals surface area (Å²) in [5.41, 5.74) is 1.52. The van der Waals surface area contributed by atoms with Gasteiger partial charge in [0.2, 0.25) is 5.75 Å². The van der Waals surface area contributed by atoms with Gasteiger partial charge in [-0.15, -0.1) is 24.0 Å². The number of ether oxygens (including phenoxy) is 4. The number of hydrogen-bond acceptors (Lipinski definition) is 6. The number of rotatable bonds is 11. The lowest BCUT2D eigenvalue weighted by Crippen LogP contribution is -2.52. The minimum Gasteiger partial charge on any atom is -0.493 e. The van der Waals surface area contributed by atoms with Gasteiger partial charge in [-0.3, -0.25) is 9.89 Å². The molecule has 1 aliphatic carbocycles. The lowest BCUT2D eigenvalue weighted by molar-refractivity contribution is 0.169. The van der Waals surface area contributed by atoms with Crippen LogP contribution in [0.3, 0.4) is 0 Å². The first-order valence-corrected chi connectivity index (χ1v) is 11.6. The van der Waals surface area contributed by atoms with Crippen LogP contribution in [0, 0.1) is 5.41 Å². The summed E-state index contributed by atoms with van der Waals surface area (Å²) in [7, 11) is 6.72. The average molecular weight is 577 g/mol. The lowest BCUT2D eigenvalue weighted by Gasteiger charge is -2.36. The van der Waals surface area contributed by atoms with Gasteiger partial charge in [-0.1, -0.05) is 0 Å². The predicted molar refractivity (Wildman–Crippen MR) is 143 cm³/mol. The molecule has 1 aromatic carbocycles. The predicted octanol–water partition coefficient (Wildman–Crippen LogP) is 3.23. The first-order chi connectivity index (χ1) is 15.6. The van der Waals surface area contributed by atoms with Gasteiger partial charge in [0.05, 0.1) is 21.3 Å². The first-order valence-electron chi connectivity index (χ1n) is 11.6. The number of hydrogen-bond donors (Lipinski definition) is 1. The van der Waals surface area contributed by atoms with Crippen molar-refractivity contribution in [3.63, 3.8) is 0 Å². The molecule has 0 atom stereocenters. The van der Waals surface area contributed by atoms with Crippen LogP contribution in [0.15, 0.2) is 17.1 Å². The fourth-order valence-electron chi connectivity index (χ4n) is 4.25. The topological polar surface area (TPSA) is 67.8 Å². The maximum absolute atomic E-state index is 5.50. The smallest absolute Gasteiger partial charge is 0.203 e. The molecule has 1 saturated heterocycles. The van der Waals surface area contributed by atoms with Crippen LogP contribution in [0.2, 0.25) is 0 Å². The second kappa shape index (κ2) is 13.4. The molecule has 33 heavy (non-hydrogen) atoms. The second-order valence-corrected chi connectivity index (χ2v) is 8.71. The van der Waals surface area contributed by atoms with Crippen LogP contribution in [-0.4, -0.2) is 90.1 Å². The van der Waals surface area contributed by atoms with Crippen molar-refractivity contribution in [2.75, 3.05) is 74.3 Å². The van der Waals surface area contributed by atoms with Gasteiger partial charge in [0.1, 0.15) is 0 Å². The van der Waals surface area contributed by atoms with Crippen LogP contribution in [-0.2, 0) is 11.3 Å². The van der Waals surface area contributed by atoms with E-state index in [-0.39, 0.29) is 24.0 Å². The standard InChI is InChI=1S/C24H40N4O4.HI/c1-6-25-23(26-18-24(7-8-24)9-14-29-2)28-12-10-27(11-13-28)17-19-15-20(30-3)22(32-5)21(16-19)31-4;/h15-16H,6-14,17-18H2,1-5H3,(H,25,26);1H. The van der Waals surface area contributed by atoms with Crippen LogP contribution in [0.25, 0.3) is 0 Å². The molecule has 1 heterocycles. The molecule has 8 nitrogen and oxygen atoms in total. The van der Waals surface area contributed by atoms with Crippen molar-refractivity contribution in [2.24, 2.45) is 10.4 Å². The van der Waals surface area contributed by atoms with Crippen molar-refractivity contribution in [1.82, 2.24) is 15.1 Å². The number of methoxy groups -OCH3 is 4. The summed E-state index contributed by atoms with van der Waals surface area (Å²) in [6, 6.07) is 4.07. The molecule has 1 N–H and O–H groups in total. The molecule has 1 saturated carbocycles. The number of aliphatic imine (C=N–C) groups is 1. The number of nitrogens with one attached hydrogen (secondary N) is 1. The van der Waals surface area contributed by atoms with Crippen LogP contribution in [0.4, 0.5) is 0 Å². The van der Waals surface area contributed by atoms with Crippen molar-refractivity contribution < 1.29 is 18.9 Å². The summed E-state index contributed by atoms with van der Waals surface area (Å²) in [5, 5.41) is 3.50. The molecule has 2 aliphatic rings. The lowest BCUT2D eigenvalue weighted by atomic mass is 10.0. The fourth-order valence-corrected chi connectivity index (χ4v) is 4.25. The van der Waals surface area contributed by atoms with Crippen molar-refractivity contribution in [3.05, 3.63) is 17.7 Å². The van der Waals surface area contributed by atoms with E-state index < -0.39 is 0 Å². The van der Waals surface area contributed by atoms with E-state index >= 15 is 0 Å². The van der Waals surface area contributed by atoms with E-state index in [1.165, 1.54) is 12.8 Å². The molecular weight excluding hydrogens is 535 g/mol. The molecule has 3 rings (SSSR count). The Morgan fingerprint density at radius 3 is 2.12 bits per heavy atom. The zero-order chi connectivity index (χ0) is 23.0. The van der Waals surface area contributed by atoms with Crippen molar-refractivity contribution in [2.45, 2.75) is 32.7 Å². The molecular formula is C24H41IN4O4. The van der Waals surface area contributed by atoms with E-state index in [1.807, 2.05) is 12.1 Å². The summed E-state index contributed by atoms with van der Waals surface area (Å²) < 4.78 is 21.7. The van der Waals surface area contributed by atoms with Crippen molar-refractivity contribution >= 4 is 29.9 Å². The monoisotopic (exact) mass is 576 g/mol. The fraction of sp³-hybridized carbons (Fsp3) is 0.708. The normalized spacial score (nSPS) is 17.8. The highest BCUT2D eigenvalue weighted by atomic mass is 127. The zero-order valence-corrected chi connectivity index (χ0v) is 23.1. The van der Waals surface area contributed by atoms with Crippen LogP contribution < -0.4 is 19.5 Å². The largest absolute Gasteiger partial charge is 0.493 e. The summed E-state index contributed by atoms with van der Waals surface area (Å²) in [6.07, 6.45) is 3.64. The van der Waals surface area contributed by atoms with Crippen LogP contribution >= 0.6 is 24.0 Å². The van der Waals surface area contributed by atoms with Gasteiger partial charge in [0.25, 0.3) is 0 Å². The third kappa shape index (κ3) is 7.51. The highest BCUT2D eigenvalue weighted by Crippen LogP contribution is 2.49. The molecule has 0 unspecified atom stereocenters. The zero-order valence-electron chi connectivity index (χ0n) is 20.8. The van der Waals surface area contributed by atoms with Crippen LogP contribution in [0.1, 0.15) is 31.7 Å². The third-order valence-electron chi connectivity index (χ3n) is 6.50. The molecule has 1 aliphatic heterocycles. The van der Waals surface area contributed by atoms with Crippen LogP contribution in [0.5, 0.6) is 17.2 Å². The Bertz CT molecular complexity index is 740. The first kappa shape index (κ1) is 27.8. The summed E-state index contributed by atoms with van der Waals surface area (Å²) >= 11 is 0. The molecule has 1 aromatic rings. The van der Waals surface area contributed by atoms with Gasteiger partial charge < -0.3 is 29.2 Å². The minimum absolute atomic E-state index is 0. The number of halogens is 1. The SMILES string of the molecule is CCNC(=NCC1(CCOC)CC1)N1CCN(Cc2cc(OC)c(OC)c(OC)c2)CC1.I. The van der Waals surface area contributed by atoms with Gasteiger partial charge >= 0.3 is 0 Å². The van der Waals surface area contributed by atoms with E-state index in [1.54, 1.807) is 28.4 Å². The third-order valence-corrected chi connectivity index (χ3v) is 6.50. The molecule has 188 valence electrons. The second-order valence-electron chi connectivity index (χ2n) is 8.71. The molecule has 0 spiro atoms. The van der Waals surface area contributed by atoms with E-state index in [0.717, 1.165) is 70.4 Å². The van der Waals surface area contributed by atoms with Gasteiger partial charge in [-0.25, -0.2) is 0 Å². The van der Waals surface area contributed by atoms with E-state index in [0.29, 0.717) is 22.7 Å². The van der Waals surface area contributed by atoms with Gasteiger partial charge in [0.15, 0.2) is 17.5 Å². The highest BCUT2D eigenvalue weighted by Gasteiger charge is 2.42.